The molecule has 7 nitrogen and oxygen atoms in total. The molecule has 1 aliphatic heterocycles. The quantitative estimate of drug-likeness (QED) is 0.615. The number of carbonyl (C=O) groups excluding carboxylic acids is 3. The Bertz CT molecular complexity index is 928. The molecule has 1 N–H and O–H groups in total. The molecular formula is C21H24FN3O4. The number of nitrogens with one attached hydrogen (secondary N) is 1. The van der Waals surface area contributed by atoms with Crippen molar-refractivity contribution >= 4 is 23.3 Å². The molecule has 8 heteroatoms. The number of H-pyrrole nitrogens is 1. The van der Waals surface area contributed by atoms with E-state index in [1.165, 1.54) is 19.1 Å². The molecule has 1 aromatic carbocycles. The number of amides is 1. The van der Waals surface area contributed by atoms with Crippen LogP contribution in [-0.4, -0.2) is 60.3 Å². The molecule has 0 saturated carbocycles. The van der Waals surface area contributed by atoms with Crippen LogP contribution in [0.4, 0.5) is 10.1 Å². The molecule has 1 aliphatic rings. The number of aromatic amines is 1. The molecule has 1 amide bonds. The number of nitrogens with zero attached hydrogens (tertiary/aromatic N) is 2. The Morgan fingerprint density at radius 1 is 1.07 bits per heavy atom. The van der Waals surface area contributed by atoms with Crippen molar-refractivity contribution in [2.24, 2.45) is 0 Å². The first-order valence-electron chi connectivity index (χ1n) is 9.43. The number of esters is 1. The van der Waals surface area contributed by atoms with Gasteiger partial charge in [0.15, 0.2) is 12.4 Å². The molecule has 0 aliphatic carbocycles. The Morgan fingerprint density at radius 2 is 1.69 bits per heavy atom. The van der Waals surface area contributed by atoms with Crippen molar-refractivity contribution in [1.82, 2.24) is 9.88 Å². The Morgan fingerprint density at radius 3 is 2.24 bits per heavy atom. The predicted octanol–water partition coefficient (Wildman–Crippen LogP) is 2.48. The standard InChI is InChI=1S/C21H24FN3O4/c1-13-19(15(3)26)14(2)23-20(13)21(28)29-12-18(27)25-10-8-24(9-11-25)17-6-4-16(22)5-7-17/h4-7,23H,8-12H2,1-3H3. The zero-order valence-corrected chi connectivity index (χ0v) is 16.8. The molecule has 0 bridgehead atoms. The minimum atomic E-state index is -0.656. The molecule has 0 radical (unpaired) electrons. The molecule has 1 aromatic heterocycles. The fraction of sp³-hybridized carbons (Fsp3) is 0.381. The maximum absolute atomic E-state index is 13.1. The highest BCUT2D eigenvalue weighted by Crippen LogP contribution is 2.20. The number of ketones is 1. The zero-order chi connectivity index (χ0) is 21.1. The second-order valence-corrected chi connectivity index (χ2v) is 7.10. The van der Waals surface area contributed by atoms with Crippen LogP contribution in [0.2, 0.25) is 0 Å². The van der Waals surface area contributed by atoms with Gasteiger partial charge in [-0.25, -0.2) is 9.18 Å². The van der Waals surface area contributed by atoms with E-state index in [2.05, 4.69) is 9.88 Å². The van der Waals surface area contributed by atoms with Crippen molar-refractivity contribution in [3.63, 3.8) is 0 Å². The predicted molar refractivity (Wildman–Crippen MR) is 106 cm³/mol. The van der Waals surface area contributed by atoms with Gasteiger partial charge in [0.2, 0.25) is 0 Å². The highest BCUT2D eigenvalue weighted by molar-refractivity contribution is 6.01. The molecule has 1 saturated heterocycles. The van der Waals surface area contributed by atoms with Crippen LogP contribution in [0.25, 0.3) is 0 Å². The monoisotopic (exact) mass is 401 g/mol. The topological polar surface area (TPSA) is 82.7 Å². The first kappa shape index (κ1) is 20.6. The summed E-state index contributed by atoms with van der Waals surface area (Å²) in [5, 5.41) is 0. The van der Waals surface area contributed by atoms with E-state index in [-0.39, 0.29) is 29.8 Å². The van der Waals surface area contributed by atoms with Gasteiger partial charge in [-0.3, -0.25) is 9.59 Å². The van der Waals surface area contributed by atoms with E-state index >= 15 is 0 Å². The number of benzene rings is 1. The lowest BCUT2D eigenvalue weighted by Crippen LogP contribution is -2.49. The zero-order valence-electron chi connectivity index (χ0n) is 16.8. The number of aromatic nitrogens is 1. The van der Waals surface area contributed by atoms with Crippen molar-refractivity contribution in [1.29, 1.82) is 0 Å². The highest BCUT2D eigenvalue weighted by Gasteiger charge is 2.24. The third kappa shape index (κ3) is 4.47. The van der Waals surface area contributed by atoms with E-state index in [1.807, 2.05) is 0 Å². The van der Waals surface area contributed by atoms with Crippen molar-refractivity contribution in [3.8, 4) is 0 Å². The fourth-order valence-corrected chi connectivity index (χ4v) is 3.64. The maximum Gasteiger partial charge on any atom is 0.355 e. The highest BCUT2D eigenvalue weighted by atomic mass is 19.1. The van der Waals surface area contributed by atoms with Gasteiger partial charge < -0.3 is 19.5 Å². The van der Waals surface area contributed by atoms with Gasteiger partial charge in [0.05, 0.1) is 0 Å². The van der Waals surface area contributed by atoms with Crippen LogP contribution in [-0.2, 0) is 9.53 Å². The number of carbonyl (C=O) groups is 3. The third-order valence-corrected chi connectivity index (χ3v) is 5.14. The van der Waals surface area contributed by atoms with Crippen molar-refractivity contribution in [2.75, 3.05) is 37.7 Å². The number of hydrogen-bond donors (Lipinski definition) is 1. The Labute approximate surface area is 168 Å². The molecule has 29 heavy (non-hydrogen) atoms. The summed E-state index contributed by atoms with van der Waals surface area (Å²) < 4.78 is 18.2. The summed E-state index contributed by atoms with van der Waals surface area (Å²) >= 11 is 0. The second kappa shape index (κ2) is 8.46. The first-order chi connectivity index (χ1) is 13.8. The van der Waals surface area contributed by atoms with Gasteiger partial charge in [0.1, 0.15) is 11.5 Å². The van der Waals surface area contributed by atoms with Gasteiger partial charge in [0, 0.05) is 43.1 Å². The summed E-state index contributed by atoms with van der Waals surface area (Å²) in [4.78, 5) is 43.0. The summed E-state index contributed by atoms with van der Waals surface area (Å²) in [6, 6.07) is 6.25. The molecule has 3 rings (SSSR count). The van der Waals surface area contributed by atoms with E-state index in [0.29, 0.717) is 43.0 Å². The number of hydrogen-bond acceptors (Lipinski definition) is 5. The minimum Gasteiger partial charge on any atom is -0.451 e. The third-order valence-electron chi connectivity index (χ3n) is 5.14. The molecular weight excluding hydrogens is 377 g/mol. The van der Waals surface area contributed by atoms with Crippen molar-refractivity contribution in [2.45, 2.75) is 20.8 Å². The van der Waals surface area contributed by atoms with Crippen molar-refractivity contribution < 1.29 is 23.5 Å². The van der Waals surface area contributed by atoms with Crippen LogP contribution in [0.3, 0.4) is 0 Å². The number of Topliss-reactive ketones (excluding diaryl/α,β-unsaturated/α-hetero) is 1. The smallest absolute Gasteiger partial charge is 0.355 e. The van der Waals surface area contributed by atoms with E-state index in [9.17, 15) is 18.8 Å². The van der Waals surface area contributed by atoms with Crippen LogP contribution in [0, 0.1) is 19.7 Å². The Balaban J connectivity index is 1.53. The molecule has 154 valence electrons. The first-order valence-corrected chi connectivity index (χ1v) is 9.43. The van der Waals surface area contributed by atoms with Crippen LogP contribution in [0.15, 0.2) is 24.3 Å². The summed E-state index contributed by atoms with van der Waals surface area (Å²) in [6.07, 6.45) is 0. The maximum atomic E-state index is 13.1. The lowest BCUT2D eigenvalue weighted by atomic mass is 10.1. The van der Waals surface area contributed by atoms with E-state index in [0.717, 1.165) is 5.69 Å². The van der Waals surface area contributed by atoms with Gasteiger partial charge in [-0.15, -0.1) is 0 Å². The van der Waals surface area contributed by atoms with Gasteiger partial charge in [-0.1, -0.05) is 0 Å². The van der Waals surface area contributed by atoms with Crippen LogP contribution in [0.1, 0.15) is 39.0 Å². The summed E-state index contributed by atoms with van der Waals surface area (Å²) in [7, 11) is 0. The van der Waals surface area contributed by atoms with Gasteiger partial charge >= 0.3 is 5.97 Å². The van der Waals surface area contributed by atoms with Crippen LogP contribution < -0.4 is 4.90 Å². The summed E-state index contributed by atoms with van der Waals surface area (Å²) in [6.45, 7) is 6.67. The number of piperazine rings is 1. The molecule has 0 atom stereocenters. The van der Waals surface area contributed by atoms with Crippen LogP contribution >= 0.6 is 0 Å². The number of halogens is 1. The van der Waals surface area contributed by atoms with E-state index < -0.39 is 5.97 Å². The SMILES string of the molecule is CC(=O)c1c(C)[nH]c(C(=O)OCC(=O)N2CCN(c3ccc(F)cc3)CC2)c1C. The van der Waals surface area contributed by atoms with Crippen molar-refractivity contribution in [3.05, 3.63) is 52.6 Å². The lowest BCUT2D eigenvalue weighted by Gasteiger charge is -2.36. The number of rotatable bonds is 5. The number of anilines is 1. The van der Waals surface area contributed by atoms with Gasteiger partial charge in [0.25, 0.3) is 5.91 Å². The average Bonchev–Trinajstić information content (AvgIpc) is 3.01. The Hall–Kier alpha value is -3.16. The van der Waals surface area contributed by atoms with E-state index in [1.54, 1.807) is 30.9 Å². The second-order valence-electron chi connectivity index (χ2n) is 7.10. The molecule has 0 spiro atoms. The normalized spacial score (nSPS) is 14.1. The summed E-state index contributed by atoms with van der Waals surface area (Å²) in [5.41, 5.74) is 2.70. The van der Waals surface area contributed by atoms with Crippen LogP contribution in [0.5, 0.6) is 0 Å². The van der Waals surface area contributed by atoms with Gasteiger partial charge in [-0.05, 0) is 50.6 Å². The van der Waals surface area contributed by atoms with Gasteiger partial charge in [-0.2, -0.15) is 0 Å². The number of ether oxygens (including phenoxy) is 1. The Kier molecular flexibility index (Phi) is 6.00. The average molecular weight is 401 g/mol. The van der Waals surface area contributed by atoms with E-state index in [4.69, 9.17) is 4.74 Å². The number of aryl methyl sites for hydroxylation is 1. The molecule has 0 unspecified atom stereocenters. The molecule has 1 fully saturated rings. The molecule has 2 aromatic rings. The largest absolute Gasteiger partial charge is 0.451 e. The summed E-state index contributed by atoms with van der Waals surface area (Å²) in [5.74, 6) is -1.35. The fourth-order valence-electron chi connectivity index (χ4n) is 3.64. The molecule has 2 heterocycles. The minimum absolute atomic E-state index is 0.134. The lowest BCUT2D eigenvalue weighted by molar-refractivity contribution is -0.134.